The Kier molecular flexibility index (Phi) is 6.00. The fraction of sp³-hybridized carbons (Fsp3) is 0.176. The van der Waals surface area contributed by atoms with Crippen LogP contribution in [0, 0.1) is 0 Å². The molecule has 0 unspecified atom stereocenters. The number of carbonyl (C=O) groups is 1. The molecule has 0 fully saturated rings. The normalized spacial score (nSPS) is 10.9. The van der Waals surface area contributed by atoms with Gasteiger partial charge in [0.15, 0.2) is 0 Å². The molecule has 3 rings (SSSR count). The van der Waals surface area contributed by atoms with Gasteiger partial charge in [0.2, 0.25) is 5.91 Å². The zero-order valence-electron chi connectivity index (χ0n) is 12.6. The molecule has 0 saturated heterocycles. The first kappa shape index (κ1) is 17.5. The molecule has 0 bridgehead atoms. The number of halogens is 2. The molecule has 0 saturated carbocycles. The van der Waals surface area contributed by atoms with Crippen LogP contribution in [0.5, 0.6) is 0 Å². The third kappa shape index (κ3) is 4.42. The van der Waals surface area contributed by atoms with Gasteiger partial charge in [0, 0.05) is 16.3 Å². The summed E-state index contributed by atoms with van der Waals surface area (Å²) >= 11 is 15.1. The molecule has 0 aliphatic carbocycles. The molecule has 0 aliphatic heterocycles. The molecule has 0 atom stereocenters. The molecule has 124 valence electrons. The standard InChI is InChI=1S/C17H14Cl2N2OS2/c18-11-3-5-12(6-4-11)23-9-1-2-15(22)21-14-8-7-13(19)16-17(14)24-10-20-16/h3-8,10H,1-2,9H2,(H,21,22). The van der Waals surface area contributed by atoms with Crippen molar-refractivity contribution in [3.63, 3.8) is 0 Å². The fourth-order valence-electron chi connectivity index (χ4n) is 2.18. The number of thioether (sulfide) groups is 1. The van der Waals surface area contributed by atoms with Gasteiger partial charge in [-0.15, -0.1) is 23.1 Å². The molecule has 0 spiro atoms. The Morgan fingerprint density at radius 1 is 1.17 bits per heavy atom. The Morgan fingerprint density at radius 2 is 1.96 bits per heavy atom. The van der Waals surface area contributed by atoms with Gasteiger partial charge < -0.3 is 5.32 Å². The third-order valence-corrected chi connectivity index (χ3v) is 5.85. The van der Waals surface area contributed by atoms with Crippen molar-refractivity contribution in [2.24, 2.45) is 0 Å². The van der Waals surface area contributed by atoms with Gasteiger partial charge in [-0.25, -0.2) is 4.98 Å². The molecule has 1 amide bonds. The van der Waals surface area contributed by atoms with E-state index in [0.717, 1.165) is 38.0 Å². The molecule has 0 aliphatic rings. The van der Waals surface area contributed by atoms with E-state index in [1.54, 1.807) is 23.3 Å². The highest BCUT2D eigenvalue weighted by Crippen LogP contribution is 2.32. The summed E-state index contributed by atoms with van der Waals surface area (Å²) in [7, 11) is 0. The van der Waals surface area contributed by atoms with E-state index in [9.17, 15) is 4.79 Å². The van der Waals surface area contributed by atoms with Crippen molar-refractivity contribution in [1.82, 2.24) is 4.98 Å². The van der Waals surface area contributed by atoms with E-state index in [1.165, 1.54) is 11.3 Å². The zero-order valence-corrected chi connectivity index (χ0v) is 15.7. The van der Waals surface area contributed by atoms with Gasteiger partial charge in [-0.05, 0) is 48.6 Å². The monoisotopic (exact) mass is 396 g/mol. The Hall–Kier alpha value is -1.27. The number of hydrogen-bond acceptors (Lipinski definition) is 4. The van der Waals surface area contributed by atoms with Crippen LogP contribution in [0.15, 0.2) is 46.8 Å². The lowest BCUT2D eigenvalue weighted by Crippen LogP contribution is -2.11. The zero-order chi connectivity index (χ0) is 16.9. The number of benzene rings is 2. The maximum Gasteiger partial charge on any atom is 0.224 e. The second-order valence-corrected chi connectivity index (χ2v) is 7.95. The number of rotatable bonds is 6. The van der Waals surface area contributed by atoms with Crippen LogP contribution in [0.4, 0.5) is 5.69 Å². The Bertz CT molecular complexity index is 849. The van der Waals surface area contributed by atoms with E-state index >= 15 is 0 Å². The van der Waals surface area contributed by atoms with E-state index in [0.29, 0.717) is 11.4 Å². The molecule has 1 heterocycles. The number of hydrogen-bond donors (Lipinski definition) is 1. The van der Waals surface area contributed by atoms with Gasteiger partial charge in [-0.1, -0.05) is 23.2 Å². The van der Waals surface area contributed by atoms with Crippen molar-refractivity contribution in [2.75, 3.05) is 11.1 Å². The molecule has 2 aromatic carbocycles. The lowest BCUT2D eigenvalue weighted by atomic mass is 10.2. The number of carbonyl (C=O) groups excluding carboxylic acids is 1. The number of nitrogens with zero attached hydrogens (tertiary/aromatic N) is 1. The largest absolute Gasteiger partial charge is 0.325 e. The van der Waals surface area contributed by atoms with Crippen LogP contribution in [0.2, 0.25) is 10.0 Å². The second kappa shape index (κ2) is 8.21. The second-order valence-electron chi connectivity index (χ2n) is 5.08. The van der Waals surface area contributed by atoms with E-state index in [1.807, 2.05) is 30.3 Å². The Morgan fingerprint density at radius 3 is 2.75 bits per heavy atom. The number of fused-ring (bicyclic) bond motifs is 1. The highest BCUT2D eigenvalue weighted by molar-refractivity contribution is 7.99. The van der Waals surface area contributed by atoms with Crippen molar-refractivity contribution >= 4 is 68.1 Å². The molecule has 3 nitrogen and oxygen atoms in total. The van der Waals surface area contributed by atoms with Crippen LogP contribution in [-0.2, 0) is 4.79 Å². The Balaban J connectivity index is 1.49. The number of aromatic nitrogens is 1. The summed E-state index contributed by atoms with van der Waals surface area (Å²) in [6.07, 6.45) is 1.28. The van der Waals surface area contributed by atoms with Crippen molar-refractivity contribution in [1.29, 1.82) is 0 Å². The van der Waals surface area contributed by atoms with Crippen LogP contribution in [0.25, 0.3) is 10.2 Å². The first-order chi connectivity index (χ1) is 11.6. The summed E-state index contributed by atoms with van der Waals surface area (Å²) in [6.45, 7) is 0. The van der Waals surface area contributed by atoms with Crippen molar-refractivity contribution in [3.8, 4) is 0 Å². The minimum absolute atomic E-state index is 0.00345. The SMILES string of the molecule is O=C(CCCSc1ccc(Cl)cc1)Nc1ccc(Cl)c2ncsc12. The van der Waals surface area contributed by atoms with E-state index < -0.39 is 0 Å². The lowest BCUT2D eigenvalue weighted by molar-refractivity contribution is -0.116. The van der Waals surface area contributed by atoms with Gasteiger partial charge in [0.1, 0.15) is 5.52 Å². The summed E-state index contributed by atoms with van der Waals surface area (Å²) in [5, 5.41) is 4.28. The fourth-order valence-corrected chi connectivity index (χ4v) is 4.21. The highest BCUT2D eigenvalue weighted by atomic mass is 35.5. The predicted octanol–water partition coefficient (Wildman–Crippen LogP) is 6.11. The molecule has 1 N–H and O–H groups in total. The number of amides is 1. The summed E-state index contributed by atoms with van der Waals surface area (Å²) in [5.41, 5.74) is 3.24. The summed E-state index contributed by atoms with van der Waals surface area (Å²) in [4.78, 5) is 17.5. The van der Waals surface area contributed by atoms with E-state index in [2.05, 4.69) is 10.3 Å². The first-order valence-electron chi connectivity index (χ1n) is 7.33. The first-order valence-corrected chi connectivity index (χ1v) is 9.95. The third-order valence-electron chi connectivity index (χ3n) is 3.34. The lowest BCUT2D eigenvalue weighted by Gasteiger charge is -2.07. The number of nitrogens with one attached hydrogen (secondary N) is 1. The maximum atomic E-state index is 12.1. The minimum atomic E-state index is 0.00345. The quantitative estimate of drug-likeness (QED) is 0.403. The molecule has 24 heavy (non-hydrogen) atoms. The Labute approximate surface area is 158 Å². The predicted molar refractivity (Wildman–Crippen MR) is 105 cm³/mol. The van der Waals surface area contributed by atoms with Gasteiger partial charge >= 0.3 is 0 Å². The highest BCUT2D eigenvalue weighted by Gasteiger charge is 2.10. The van der Waals surface area contributed by atoms with Crippen LogP contribution in [0.1, 0.15) is 12.8 Å². The molecule has 3 aromatic rings. The van der Waals surface area contributed by atoms with E-state index in [-0.39, 0.29) is 5.91 Å². The van der Waals surface area contributed by atoms with Crippen LogP contribution in [0.3, 0.4) is 0 Å². The maximum absolute atomic E-state index is 12.1. The molecular weight excluding hydrogens is 383 g/mol. The summed E-state index contributed by atoms with van der Waals surface area (Å²) in [6, 6.07) is 11.3. The van der Waals surface area contributed by atoms with Gasteiger partial charge in [0.05, 0.1) is 20.9 Å². The van der Waals surface area contributed by atoms with Crippen molar-refractivity contribution < 1.29 is 4.79 Å². The average molecular weight is 397 g/mol. The van der Waals surface area contributed by atoms with Crippen LogP contribution in [-0.4, -0.2) is 16.6 Å². The number of thiazole rings is 1. The van der Waals surface area contributed by atoms with Crippen molar-refractivity contribution in [3.05, 3.63) is 52.0 Å². The van der Waals surface area contributed by atoms with Crippen LogP contribution >= 0.6 is 46.3 Å². The molecule has 0 radical (unpaired) electrons. The van der Waals surface area contributed by atoms with Gasteiger partial charge in [-0.2, -0.15) is 0 Å². The molecular formula is C17H14Cl2N2OS2. The van der Waals surface area contributed by atoms with Gasteiger partial charge in [0.25, 0.3) is 0 Å². The summed E-state index contributed by atoms with van der Waals surface area (Å²) < 4.78 is 0.909. The minimum Gasteiger partial charge on any atom is -0.325 e. The average Bonchev–Trinajstić information content (AvgIpc) is 3.07. The smallest absolute Gasteiger partial charge is 0.224 e. The molecule has 1 aromatic heterocycles. The topological polar surface area (TPSA) is 42.0 Å². The van der Waals surface area contributed by atoms with Crippen LogP contribution < -0.4 is 5.32 Å². The summed E-state index contributed by atoms with van der Waals surface area (Å²) in [5.74, 6) is 0.884. The van der Waals surface area contributed by atoms with Crippen molar-refractivity contribution in [2.45, 2.75) is 17.7 Å². The van der Waals surface area contributed by atoms with Gasteiger partial charge in [-0.3, -0.25) is 4.79 Å². The number of anilines is 1. The molecule has 7 heteroatoms. The van der Waals surface area contributed by atoms with E-state index in [4.69, 9.17) is 23.2 Å².